The zero-order chi connectivity index (χ0) is 13.9. The topological polar surface area (TPSA) is 62.6 Å². The number of fused-ring (bicyclic) bond motifs is 1. The number of nitrogens with one attached hydrogen (secondary N) is 1. The lowest BCUT2D eigenvalue weighted by molar-refractivity contribution is -0.121. The maximum absolute atomic E-state index is 11.8. The Kier molecular flexibility index (Phi) is 3.64. The molecule has 1 aliphatic rings. The Bertz CT molecular complexity index is 620. The molecule has 1 aromatic carbocycles. The van der Waals surface area contributed by atoms with Gasteiger partial charge in [-0.05, 0) is 12.1 Å². The van der Waals surface area contributed by atoms with Gasteiger partial charge < -0.3 is 14.6 Å². The molecule has 0 spiro atoms. The molecule has 0 bridgehead atoms. The van der Waals surface area contributed by atoms with Gasteiger partial charge >= 0.3 is 0 Å². The van der Waals surface area contributed by atoms with E-state index in [1.54, 1.807) is 4.90 Å². The Hall–Kier alpha value is -1.95. The van der Waals surface area contributed by atoms with Gasteiger partial charge in [-0.3, -0.25) is 9.59 Å². The van der Waals surface area contributed by atoms with E-state index in [0.717, 1.165) is 16.7 Å². The van der Waals surface area contributed by atoms with Crippen molar-refractivity contribution in [1.82, 2.24) is 10.2 Å². The van der Waals surface area contributed by atoms with Crippen molar-refractivity contribution in [1.29, 1.82) is 0 Å². The van der Waals surface area contributed by atoms with Gasteiger partial charge in [0.15, 0.2) is 0 Å². The van der Waals surface area contributed by atoms with Crippen molar-refractivity contribution in [2.24, 2.45) is 0 Å². The van der Waals surface area contributed by atoms with Gasteiger partial charge in [-0.15, -0.1) is 0 Å². The number of furan rings is 1. The van der Waals surface area contributed by atoms with Gasteiger partial charge in [0.25, 0.3) is 5.24 Å². The third-order valence-electron chi connectivity index (χ3n) is 3.12. The van der Waals surface area contributed by atoms with Crippen LogP contribution in [0.4, 0.5) is 4.79 Å². The summed E-state index contributed by atoms with van der Waals surface area (Å²) in [6.07, 6.45) is 0. The maximum atomic E-state index is 11.8. The van der Waals surface area contributed by atoms with Crippen molar-refractivity contribution in [3.05, 3.63) is 36.1 Å². The number of hydrogen-bond acceptors (Lipinski definition) is 4. The molecule has 2 heterocycles. The highest BCUT2D eigenvalue weighted by molar-refractivity contribution is 8.13. The molecule has 0 aliphatic carbocycles. The summed E-state index contributed by atoms with van der Waals surface area (Å²) >= 11 is 1.25. The zero-order valence-corrected chi connectivity index (χ0v) is 11.6. The van der Waals surface area contributed by atoms with Gasteiger partial charge in [-0.25, -0.2) is 0 Å². The molecule has 1 aliphatic heterocycles. The third-order valence-corrected chi connectivity index (χ3v) is 4.01. The molecule has 6 heteroatoms. The van der Waals surface area contributed by atoms with Crippen molar-refractivity contribution in [3.8, 4) is 0 Å². The van der Waals surface area contributed by atoms with Crippen LogP contribution in [0.2, 0.25) is 0 Å². The van der Waals surface area contributed by atoms with Crippen LogP contribution in [0.5, 0.6) is 0 Å². The highest BCUT2D eigenvalue weighted by Crippen LogP contribution is 2.19. The van der Waals surface area contributed by atoms with E-state index in [2.05, 4.69) is 5.32 Å². The predicted molar refractivity (Wildman–Crippen MR) is 77.5 cm³/mol. The number of amides is 2. The SMILES string of the molecule is O=C(CN1CCSC1=O)NCc1cc2ccccc2o1. The van der Waals surface area contributed by atoms with Gasteiger partial charge in [0.05, 0.1) is 6.54 Å². The molecule has 0 radical (unpaired) electrons. The van der Waals surface area contributed by atoms with Crippen molar-refractivity contribution in [2.45, 2.75) is 6.54 Å². The molecule has 1 fully saturated rings. The Balaban J connectivity index is 1.56. The maximum Gasteiger partial charge on any atom is 0.282 e. The Labute approximate surface area is 120 Å². The normalized spacial score (nSPS) is 15.0. The number of carbonyl (C=O) groups excluding carboxylic acids is 2. The van der Waals surface area contributed by atoms with E-state index in [-0.39, 0.29) is 17.7 Å². The highest BCUT2D eigenvalue weighted by atomic mass is 32.2. The van der Waals surface area contributed by atoms with Crippen LogP contribution in [0.1, 0.15) is 5.76 Å². The molecule has 104 valence electrons. The average molecular weight is 290 g/mol. The van der Waals surface area contributed by atoms with E-state index in [1.165, 1.54) is 11.8 Å². The van der Waals surface area contributed by atoms with Crippen molar-refractivity contribution in [3.63, 3.8) is 0 Å². The largest absolute Gasteiger partial charge is 0.459 e. The van der Waals surface area contributed by atoms with Crippen LogP contribution < -0.4 is 5.32 Å². The zero-order valence-electron chi connectivity index (χ0n) is 10.8. The minimum Gasteiger partial charge on any atom is -0.459 e. The number of benzene rings is 1. The van der Waals surface area contributed by atoms with Crippen LogP contribution in [0.3, 0.4) is 0 Å². The smallest absolute Gasteiger partial charge is 0.282 e. The number of rotatable bonds is 4. The molecular weight excluding hydrogens is 276 g/mol. The summed E-state index contributed by atoms with van der Waals surface area (Å²) in [6.45, 7) is 1.09. The molecule has 0 saturated carbocycles. The number of hydrogen-bond donors (Lipinski definition) is 1. The minimum atomic E-state index is -0.165. The summed E-state index contributed by atoms with van der Waals surface area (Å²) in [5.41, 5.74) is 0.808. The van der Waals surface area contributed by atoms with E-state index in [1.807, 2.05) is 30.3 Å². The third kappa shape index (κ3) is 2.80. The average Bonchev–Trinajstić information content (AvgIpc) is 3.03. The summed E-state index contributed by atoms with van der Waals surface area (Å²) in [4.78, 5) is 24.7. The number of para-hydroxylation sites is 1. The molecule has 0 atom stereocenters. The molecule has 5 nitrogen and oxygen atoms in total. The number of thioether (sulfide) groups is 1. The van der Waals surface area contributed by atoms with Crippen molar-refractivity contribution < 1.29 is 14.0 Å². The first kappa shape index (κ1) is 13.1. The van der Waals surface area contributed by atoms with Crippen LogP contribution in [-0.4, -0.2) is 34.9 Å². The molecule has 2 amide bonds. The van der Waals surface area contributed by atoms with Crippen molar-refractivity contribution in [2.75, 3.05) is 18.8 Å². The second-order valence-electron chi connectivity index (χ2n) is 4.56. The summed E-state index contributed by atoms with van der Waals surface area (Å²) in [5, 5.41) is 3.76. The summed E-state index contributed by atoms with van der Waals surface area (Å²) in [6, 6.07) is 9.61. The quantitative estimate of drug-likeness (QED) is 0.938. The van der Waals surface area contributed by atoms with Gasteiger partial charge in [0, 0.05) is 17.7 Å². The first-order chi connectivity index (χ1) is 9.72. The molecule has 2 aromatic rings. The lowest BCUT2D eigenvalue weighted by Crippen LogP contribution is -2.36. The van der Waals surface area contributed by atoms with E-state index < -0.39 is 0 Å². The fourth-order valence-corrected chi connectivity index (χ4v) is 2.93. The lowest BCUT2D eigenvalue weighted by Gasteiger charge is -2.13. The van der Waals surface area contributed by atoms with Crippen LogP contribution in [0, 0.1) is 0 Å². The molecule has 1 saturated heterocycles. The summed E-state index contributed by atoms with van der Waals surface area (Å²) in [7, 11) is 0. The van der Waals surface area contributed by atoms with E-state index in [9.17, 15) is 9.59 Å². The standard InChI is InChI=1S/C14H14N2O3S/c17-13(9-16-5-6-20-14(16)18)15-8-11-7-10-3-1-2-4-12(10)19-11/h1-4,7H,5-6,8-9H2,(H,15,17). The van der Waals surface area contributed by atoms with Crippen LogP contribution in [0.25, 0.3) is 11.0 Å². The van der Waals surface area contributed by atoms with E-state index in [0.29, 0.717) is 18.8 Å². The van der Waals surface area contributed by atoms with Gasteiger partial charge in [-0.1, -0.05) is 30.0 Å². The Morgan fingerprint density at radius 1 is 1.40 bits per heavy atom. The number of carbonyl (C=O) groups is 2. The van der Waals surface area contributed by atoms with Crippen LogP contribution in [-0.2, 0) is 11.3 Å². The Morgan fingerprint density at radius 2 is 2.25 bits per heavy atom. The second-order valence-corrected chi connectivity index (χ2v) is 5.61. The fourth-order valence-electron chi connectivity index (χ4n) is 2.11. The van der Waals surface area contributed by atoms with Gasteiger partial charge in [0.2, 0.25) is 5.91 Å². The fraction of sp³-hybridized carbons (Fsp3) is 0.286. The first-order valence-corrected chi connectivity index (χ1v) is 7.37. The summed E-state index contributed by atoms with van der Waals surface area (Å²) in [5.74, 6) is 1.30. The molecule has 1 N–H and O–H groups in total. The van der Waals surface area contributed by atoms with Crippen LogP contribution >= 0.6 is 11.8 Å². The van der Waals surface area contributed by atoms with Crippen molar-refractivity contribution >= 4 is 33.9 Å². The van der Waals surface area contributed by atoms with E-state index in [4.69, 9.17) is 4.42 Å². The van der Waals surface area contributed by atoms with Gasteiger partial charge in [-0.2, -0.15) is 0 Å². The molecule has 1 aromatic heterocycles. The van der Waals surface area contributed by atoms with Crippen LogP contribution in [0.15, 0.2) is 34.7 Å². The monoisotopic (exact) mass is 290 g/mol. The minimum absolute atomic E-state index is 0.0242. The predicted octanol–water partition coefficient (Wildman–Crippen LogP) is 2.22. The number of nitrogens with zero attached hydrogens (tertiary/aromatic N) is 1. The molecule has 3 rings (SSSR count). The van der Waals surface area contributed by atoms with E-state index >= 15 is 0 Å². The Morgan fingerprint density at radius 3 is 3.00 bits per heavy atom. The molecule has 20 heavy (non-hydrogen) atoms. The second kappa shape index (κ2) is 5.58. The molecular formula is C14H14N2O3S. The summed E-state index contributed by atoms with van der Waals surface area (Å²) < 4.78 is 5.61. The highest BCUT2D eigenvalue weighted by Gasteiger charge is 2.23. The first-order valence-electron chi connectivity index (χ1n) is 6.38. The molecule has 0 unspecified atom stereocenters. The van der Waals surface area contributed by atoms with Gasteiger partial charge in [0.1, 0.15) is 17.9 Å². The lowest BCUT2D eigenvalue weighted by atomic mass is 10.2.